The van der Waals surface area contributed by atoms with Gasteiger partial charge >= 0.3 is 0 Å². The van der Waals surface area contributed by atoms with E-state index in [1.54, 1.807) is 11.8 Å². The minimum absolute atomic E-state index is 0.302. The molecule has 0 spiro atoms. The van der Waals surface area contributed by atoms with E-state index < -0.39 is 0 Å². The number of furan rings is 1. The topological polar surface area (TPSA) is 33.4 Å². The van der Waals surface area contributed by atoms with Crippen LogP contribution in [-0.4, -0.2) is 10.9 Å². The van der Waals surface area contributed by atoms with Crippen molar-refractivity contribution < 1.29 is 9.52 Å². The van der Waals surface area contributed by atoms with Gasteiger partial charge in [-0.2, -0.15) is 0 Å². The van der Waals surface area contributed by atoms with Crippen molar-refractivity contribution in [3.63, 3.8) is 0 Å². The van der Waals surface area contributed by atoms with Crippen LogP contribution in [0.25, 0.3) is 0 Å². The molecule has 2 rings (SSSR count). The molecule has 1 aromatic heterocycles. The third kappa shape index (κ3) is 1.19. The van der Waals surface area contributed by atoms with Crippen molar-refractivity contribution in [1.29, 1.82) is 0 Å². The number of aryl methyl sites for hydroxylation is 1. The van der Waals surface area contributed by atoms with Gasteiger partial charge in [0.25, 0.3) is 0 Å². The number of hydrogen-bond acceptors (Lipinski definition) is 3. The van der Waals surface area contributed by atoms with Crippen molar-refractivity contribution in [2.24, 2.45) is 0 Å². The highest BCUT2D eigenvalue weighted by molar-refractivity contribution is 7.99. The van der Waals surface area contributed by atoms with Gasteiger partial charge in [-0.15, -0.1) is 0 Å². The van der Waals surface area contributed by atoms with E-state index in [9.17, 15) is 5.11 Å². The Hall–Kier alpha value is -0.410. The maximum atomic E-state index is 9.50. The molecule has 0 saturated heterocycles. The monoisotopic (exact) mass is 170 g/mol. The summed E-state index contributed by atoms with van der Waals surface area (Å²) in [5.74, 6) is 1.85. The van der Waals surface area contributed by atoms with E-state index in [1.165, 1.54) is 0 Å². The number of fused-ring (bicyclic) bond motifs is 1. The molecule has 11 heavy (non-hydrogen) atoms. The van der Waals surface area contributed by atoms with Gasteiger partial charge in [-0.1, -0.05) is 11.8 Å². The van der Waals surface area contributed by atoms with E-state index in [0.29, 0.717) is 0 Å². The summed E-state index contributed by atoms with van der Waals surface area (Å²) in [4.78, 5) is 0. The molecule has 1 aliphatic heterocycles. The smallest absolute Gasteiger partial charge is 0.166 e. The lowest BCUT2D eigenvalue weighted by molar-refractivity contribution is 0.166. The second-order valence-electron chi connectivity index (χ2n) is 2.75. The molecular weight excluding hydrogens is 160 g/mol. The lowest BCUT2D eigenvalue weighted by Gasteiger charge is -2.14. The number of aliphatic hydroxyl groups excluding tert-OH is 1. The second kappa shape index (κ2) is 2.57. The van der Waals surface area contributed by atoms with Gasteiger partial charge in [0.15, 0.2) is 5.09 Å². The van der Waals surface area contributed by atoms with Crippen LogP contribution in [0.15, 0.2) is 15.6 Å². The Morgan fingerprint density at radius 2 is 2.55 bits per heavy atom. The quantitative estimate of drug-likeness (QED) is 0.647. The van der Waals surface area contributed by atoms with Crippen molar-refractivity contribution in [2.45, 2.75) is 24.5 Å². The zero-order valence-electron chi connectivity index (χ0n) is 6.33. The zero-order valence-corrected chi connectivity index (χ0v) is 7.15. The number of thioether (sulfide) groups is 1. The zero-order chi connectivity index (χ0) is 7.84. The van der Waals surface area contributed by atoms with Crippen molar-refractivity contribution in [1.82, 2.24) is 0 Å². The molecule has 1 N–H and O–H groups in total. The molecule has 0 aliphatic carbocycles. The maximum Gasteiger partial charge on any atom is 0.166 e. The highest BCUT2D eigenvalue weighted by atomic mass is 32.2. The third-order valence-electron chi connectivity index (χ3n) is 1.83. The van der Waals surface area contributed by atoms with Crippen LogP contribution >= 0.6 is 11.8 Å². The number of hydrogen-bond donors (Lipinski definition) is 1. The number of aliphatic hydroxyl groups is 1. The molecular formula is C8H10O2S. The van der Waals surface area contributed by atoms with Crippen LogP contribution < -0.4 is 0 Å². The van der Waals surface area contributed by atoms with Gasteiger partial charge in [0, 0.05) is 11.3 Å². The Balaban J connectivity index is 2.43. The highest BCUT2D eigenvalue weighted by Gasteiger charge is 2.21. The molecule has 1 atom stereocenters. The lowest BCUT2D eigenvalue weighted by Crippen LogP contribution is -2.03. The van der Waals surface area contributed by atoms with Crippen LogP contribution in [0, 0.1) is 6.92 Å². The van der Waals surface area contributed by atoms with Gasteiger partial charge in [-0.25, -0.2) is 0 Å². The fourth-order valence-electron chi connectivity index (χ4n) is 1.28. The molecule has 3 heteroatoms. The van der Waals surface area contributed by atoms with E-state index in [2.05, 4.69) is 0 Å². The molecule has 1 aromatic rings. The average Bonchev–Trinajstić information content (AvgIpc) is 2.31. The molecule has 2 heterocycles. The van der Waals surface area contributed by atoms with Crippen molar-refractivity contribution in [3.8, 4) is 0 Å². The summed E-state index contributed by atoms with van der Waals surface area (Å²) >= 11 is 1.69. The largest absolute Gasteiger partial charge is 0.455 e. The van der Waals surface area contributed by atoms with Gasteiger partial charge < -0.3 is 9.52 Å². The molecule has 1 unspecified atom stereocenters. The predicted molar refractivity (Wildman–Crippen MR) is 43.7 cm³/mol. The summed E-state index contributed by atoms with van der Waals surface area (Å²) in [6, 6.07) is 1.92. The summed E-state index contributed by atoms with van der Waals surface area (Å²) in [5, 5.41) is 10.4. The minimum Gasteiger partial charge on any atom is -0.455 e. The molecule has 0 bridgehead atoms. The Labute approximate surface area is 69.6 Å². The van der Waals surface area contributed by atoms with Crippen LogP contribution in [0.1, 0.15) is 23.8 Å². The minimum atomic E-state index is -0.302. The van der Waals surface area contributed by atoms with Gasteiger partial charge in [0.05, 0.1) is 6.10 Å². The highest BCUT2D eigenvalue weighted by Crippen LogP contribution is 2.37. The Morgan fingerprint density at radius 3 is 3.27 bits per heavy atom. The van der Waals surface area contributed by atoms with Crippen LogP contribution in [0.2, 0.25) is 0 Å². The maximum absolute atomic E-state index is 9.50. The van der Waals surface area contributed by atoms with Crippen LogP contribution in [0.5, 0.6) is 0 Å². The third-order valence-corrected chi connectivity index (χ3v) is 2.85. The molecule has 0 radical (unpaired) electrons. The first-order chi connectivity index (χ1) is 5.27. The molecule has 2 nitrogen and oxygen atoms in total. The van der Waals surface area contributed by atoms with Crippen LogP contribution in [0.4, 0.5) is 0 Å². The van der Waals surface area contributed by atoms with E-state index >= 15 is 0 Å². The predicted octanol–water partition coefficient (Wildman–Crippen LogP) is 2.12. The van der Waals surface area contributed by atoms with Crippen molar-refractivity contribution in [3.05, 3.63) is 17.4 Å². The molecule has 60 valence electrons. The van der Waals surface area contributed by atoms with Gasteiger partial charge in [0.2, 0.25) is 0 Å². The van der Waals surface area contributed by atoms with Crippen LogP contribution in [-0.2, 0) is 0 Å². The van der Waals surface area contributed by atoms with E-state index in [-0.39, 0.29) is 6.10 Å². The van der Waals surface area contributed by atoms with Gasteiger partial charge in [0.1, 0.15) is 5.76 Å². The molecule has 0 amide bonds. The standard InChI is InChI=1S/C8H10O2S/c1-5-4-6-7(9)2-3-11-8(6)10-5/h4,7,9H,2-3H2,1H3. The fraction of sp³-hybridized carbons (Fsp3) is 0.500. The first kappa shape index (κ1) is 7.25. The Kier molecular flexibility index (Phi) is 1.69. The summed E-state index contributed by atoms with van der Waals surface area (Å²) < 4.78 is 5.38. The van der Waals surface area contributed by atoms with Gasteiger partial charge in [-0.05, 0) is 19.4 Å². The van der Waals surface area contributed by atoms with Crippen molar-refractivity contribution >= 4 is 11.8 Å². The Morgan fingerprint density at radius 1 is 1.73 bits per heavy atom. The first-order valence-corrected chi connectivity index (χ1v) is 4.67. The van der Waals surface area contributed by atoms with E-state index in [1.807, 2.05) is 13.0 Å². The second-order valence-corrected chi connectivity index (χ2v) is 3.82. The first-order valence-electron chi connectivity index (χ1n) is 3.68. The SMILES string of the molecule is Cc1cc2c(o1)SCCC2O. The van der Waals surface area contributed by atoms with E-state index in [0.717, 1.165) is 28.6 Å². The summed E-state index contributed by atoms with van der Waals surface area (Å²) in [5.41, 5.74) is 0.971. The van der Waals surface area contributed by atoms with Crippen molar-refractivity contribution in [2.75, 3.05) is 5.75 Å². The molecule has 0 saturated carbocycles. The number of rotatable bonds is 0. The summed E-state index contributed by atoms with van der Waals surface area (Å²) in [6.07, 6.45) is 0.542. The average molecular weight is 170 g/mol. The van der Waals surface area contributed by atoms with Crippen LogP contribution in [0.3, 0.4) is 0 Å². The fourth-order valence-corrected chi connectivity index (χ4v) is 2.35. The lowest BCUT2D eigenvalue weighted by atomic mass is 10.1. The Bertz CT molecular complexity index is 267. The molecule has 0 aromatic carbocycles. The molecule has 1 aliphatic rings. The normalized spacial score (nSPS) is 23.3. The van der Waals surface area contributed by atoms with E-state index in [4.69, 9.17) is 4.42 Å². The molecule has 0 fully saturated rings. The summed E-state index contributed by atoms with van der Waals surface area (Å²) in [7, 11) is 0. The summed E-state index contributed by atoms with van der Waals surface area (Å²) in [6.45, 7) is 1.91. The van der Waals surface area contributed by atoms with Gasteiger partial charge in [-0.3, -0.25) is 0 Å².